The van der Waals surface area contributed by atoms with Gasteiger partial charge in [0.25, 0.3) is 0 Å². The second kappa shape index (κ2) is 2.86. The molecule has 0 radical (unpaired) electrons. The minimum atomic E-state index is -0.0671. The second-order valence-corrected chi connectivity index (χ2v) is 2.58. The van der Waals surface area contributed by atoms with E-state index < -0.39 is 0 Å². The number of hydrogen-bond acceptors (Lipinski definition) is 2. The Hall–Kier alpha value is -0.790. The number of ether oxygens (including phenoxy) is 1. The van der Waals surface area contributed by atoms with Crippen LogP contribution in [0.25, 0.3) is 0 Å². The molecule has 0 saturated carbocycles. The number of rotatable bonds is 1. The Morgan fingerprint density at radius 2 is 2.50 bits per heavy atom. The van der Waals surface area contributed by atoms with Crippen molar-refractivity contribution in [1.29, 1.82) is 0 Å². The minimum absolute atomic E-state index is 0.0671. The first-order chi connectivity index (χ1) is 4.74. The third-order valence-corrected chi connectivity index (χ3v) is 1.78. The third-order valence-electron chi connectivity index (χ3n) is 1.78. The van der Waals surface area contributed by atoms with Gasteiger partial charge >= 0.3 is 5.97 Å². The van der Waals surface area contributed by atoms with Gasteiger partial charge in [0, 0.05) is 0 Å². The van der Waals surface area contributed by atoms with E-state index in [1.54, 1.807) is 0 Å². The third kappa shape index (κ3) is 1.38. The maximum Gasteiger partial charge on any atom is 0.314 e. The van der Waals surface area contributed by atoms with E-state index in [1.807, 2.05) is 19.9 Å². The molecule has 1 aliphatic heterocycles. The molecule has 0 amide bonds. The molecule has 0 N–H and O–H groups in total. The van der Waals surface area contributed by atoms with E-state index in [0.717, 1.165) is 18.6 Å². The monoisotopic (exact) mass is 140 g/mol. The molecule has 0 spiro atoms. The van der Waals surface area contributed by atoms with Crippen molar-refractivity contribution in [1.82, 2.24) is 0 Å². The Labute approximate surface area is 60.9 Å². The highest BCUT2D eigenvalue weighted by Crippen LogP contribution is 2.19. The van der Waals surface area contributed by atoms with Crippen LogP contribution in [0.1, 0.15) is 26.7 Å². The Bertz CT molecular complexity index is 170. The van der Waals surface area contributed by atoms with Crippen LogP contribution in [-0.4, -0.2) is 5.97 Å². The fourth-order valence-corrected chi connectivity index (χ4v) is 1.02. The highest BCUT2D eigenvalue weighted by atomic mass is 16.5. The molecule has 1 aliphatic rings. The van der Waals surface area contributed by atoms with Crippen LogP contribution in [0.2, 0.25) is 0 Å². The summed E-state index contributed by atoms with van der Waals surface area (Å²) in [6, 6.07) is 0. The lowest BCUT2D eigenvalue weighted by Crippen LogP contribution is -2.19. The number of carbonyl (C=O) groups is 1. The molecular formula is C8H12O2. The molecule has 0 fully saturated rings. The Morgan fingerprint density at radius 1 is 1.80 bits per heavy atom. The molecule has 56 valence electrons. The first-order valence-corrected chi connectivity index (χ1v) is 3.62. The van der Waals surface area contributed by atoms with Gasteiger partial charge in [-0.05, 0) is 25.8 Å². The van der Waals surface area contributed by atoms with Gasteiger partial charge in [0.1, 0.15) is 5.76 Å². The Balaban J connectivity index is 2.61. The zero-order valence-electron chi connectivity index (χ0n) is 6.39. The molecule has 2 heteroatoms. The number of carbonyl (C=O) groups excluding carboxylic acids is 1. The average Bonchev–Trinajstić information content (AvgIpc) is 1.88. The Morgan fingerprint density at radius 3 is 3.00 bits per heavy atom. The van der Waals surface area contributed by atoms with Crippen molar-refractivity contribution in [2.45, 2.75) is 26.7 Å². The van der Waals surface area contributed by atoms with Crippen molar-refractivity contribution in [2.24, 2.45) is 5.92 Å². The van der Waals surface area contributed by atoms with Crippen LogP contribution >= 0.6 is 0 Å². The zero-order chi connectivity index (χ0) is 7.56. The summed E-state index contributed by atoms with van der Waals surface area (Å²) in [5, 5.41) is 0. The maximum absolute atomic E-state index is 11.0. The minimum Gasteiger partial charge on any atom is -0.432 e. The fraction of sp³-hybridized carbons (Fsp3) is 0.625. The first kappa shape index (κ1) is 7.32. The van der Waals surface area contributed by atoms with Crippen molar-refractivity contribution in [3.05, 3.63) is 11.8 Å². The molecule has 1 atom stereocenters. The van der Waals surface area contributed by atoms with Crippen LogP contribution in [0.4, 0.5) is 0 Å². The van der Waals surface area contributed by atoms with E-state index in [4.69, 9.17) is 4.74 Å². The lowest BCUT2D eigenvalue weighted by Gasteiger charge is -2.17. The molecule has 1 heterocycles. The highest BCUT2D eigenvalue weighted by Gasteiger charge is 2.20. The number of hydrogen-bond donors (Lipinski definition) is 0. The predicted octanol–water partition coefficient (Wildman–Crippen LogP) is 1.86. The lowest BCUT2D eigenvalue weighted by molar-refractivity contribution is -0.145. The van der Waals surface area contributed by atoms with Crippen molar-refractivity contribution in [2.75, 3.05) is 0 Å². The van der Waals surface area contributed by atoms with Crippen LogP contribution < -0.4 is 0 Å². The molecule has 0 bridgehead atoms. The number of esters is 1. The van der Waals surface area contributed by atoms with Crippen molar-refractivity contribution < 1.29 is 9.53 Å². The zero-order valence-corrected chi connectivity index (χ0v) is 6.39. The van der Waals surface area contributed by atoms with Gasteiger partial charge in [0.2, 0.25) is 0 Å². The van der Waals surface area contributed by atoms with Gasteiger partial charge < -0.3 is 4.74 Å². The van der Waals surface area contributed by atoms with E-state index in [-0.39, 0.29) is 11.9 Å². The van der Waals surface area contributed by atoms with Crippen molar-refractivity contribution in [3.63, 3.8) is 0 Å². The molecule has 1 rings (SSSR count). The molecule has 2 nitrogen and oxygen atoms in total. The predicted molar refractivity (Wildman–Crippen MR) is 38.2 cm³/mol. The quantitative estimate of drug-likeness (QED) is 0.520. The van der Waals surface area contributed by atoms with Crippen molar-refractivity contribution >= 4 is 5.97 Å². The summed E-state index contributed by atoms with van der Waals surface area (Å²) >= 11 is 0. The molecule has 1 unspecified atom stereocenters. The first-order valence-electron chi connectivity index (χ1n) is 3.62. The Kier molecular flexibility index (Phi) is 2.10. The van der Waals surface area contributed by atoms with Gasteiger partial charge in [-0.2, -0.15) is 0 Å². The maximum atomic E-state index is 11.0. The van der Waals surface area contributed by atoms with E-state index in [1.165, 1.54) is 0 Å². The topological polar surface area (TPSA) is 26.3 Å². The molecule has 10 heavy (non-hydrogen) atoms. The van der Waals surface area contributed by atoms with Crippen LogP contribution in [0, 0.1) is 5.92 Å². The summed E-state index contributed by atoms with van der Waals surface area (Å²) in [5.41, 5.74) is 0. The van der Waals surface area contributed by atoms with Crippen LogP contribution in [-0.2, 0) is 9.53 Å². The molecule has 0 aliphatic carbocycles. The highest BCUT2D eigenvalue weighted by molar-refractivity contribution is 5.74. The van der Waals surface area contributed by atoms with E-state index in [9.17, 15) is 4.79 Å². The number of cyclic esters (lactones) is 1. The normalized spacial score (nSPS) is 25.6. The van der Waals surface area contributed by atoms with Gasteiger partial charge in [-0.15, -0.1) is 0 Å². The summed E-state index contributed by atoms with van der Waals surface area (Å²) in [5.74, 6) is 0.779. The van der Waals surface area contributed by atoms with E-state index in [0.29, 0.717) is 0 Å². The molecule has 0 aromatic heterocycles. The molecule has 0 aromatic carbocycles. The van der Waals surface area contributed by atoms with Crippen molar-refractivity contribution in [3.8, 4) is 0 Å². The van der Waals surface area contributed by atoms with Crippen LogP contribution in [0.3, 0.4) is 0 Å². The summed E-state index contributed by atoms with van der Waals surface area (Å²) in [6.45, 7) is 3.81. The lowest BCUT2D eigenvalue weighted by atomic mass is 10.0. The van der Waals surface area contributed by atoms with Gasteiger partial charge in [-0.25, -0.2) is 0 Å². The molecular weight excluding hydrogens is 128 g/mol. The summed E-state index contributed by atoms with van der Waals surface area (Å²) in [4.78, 5) is 11.0. The largest absolute Gasteiger partial charge is 0.432 e. The molecule has 0 aromatic rings. The number of allylic oxidation sites excluding steroid dienone is 2. The van der Waals surface area contributed by atoms with Gasteiger partial charge in [0.15, 0.2) is 0 Å². The SMILES string of the molecule is CCC1CC=C(C)OC1=O. The van der Waals surface area contributed by atoms with Gasteiger partial charge in [0.05, 0.1) is 5.92 Å². The van der Waals surface area contributed by atoms with Gasteiger partial charge in [-0.1, -0.05) is 6.92 Å². The smallest absolute Gasteiger partial charge is 0.314 e. The van der Waals surface area contributed by atoms with E-state index in [2.05, 4.69) is 0 Å². The van der Waals surface area contributed by atoms with E-state index >= 15 is 0 Å². The summed E-state index contributed by atoms with van der Waals surface area (Å²) in [6.07, 6.45) is 3.69. The molecule has 0 saturated heterocycles. The van der Waals surface area contributed by atoms with Gasteiger partial charge in [-0.3, -0.25) is 4.79 Å². The van der Waals surface area contributed by atoms with Crippen LogP contribution in [0.15, 0.2) is 11.8 Å². The average molecular weight is 140 g/mol. The second-order valence-electron chi connectivity index (χ2n) is 2.58. The summed E-state index contributed by atoms with van der Waals surface area (Å²) in [7, 11) is 0. The van der Waals surface area contributed by atoms with Crippen LogP contribution in [0.5, 0.6) is 0 Å². The fourth-order valence-electron chi connectivity index (χ4n) is 1.02. The summed E-state index contributed by atoms with van der Waals surface area (Å²) < 4.78 is 4.91. The standard InChI is InChI=1S/C8H12O2/c1-3-7-5-4-6(2)10-8(7)9/h4,7H,3,5H2,1-2H3.